The molecule has 3 aromatic rings. The number of fused-ring (bicyclic) bond motifs is 1. The highest BCUT2D eigenvalue weighted by Gasteiger charge is 2.37. The highest BCUT2D eigenvalue weighted by Crippen LogP contribution is 2.39. The van der Waals surface area contributed by atoms with Crippen molar-refractivity contribution in [2.75, 3.05) is 32.8 Å². The van der Waals surface area contributed by atoms with E-state index in [9.17, 15) is 4.79 Å². The number of likely N-dealkylation sites (tertiary alicyclic amines) is 1. The number of para-hydroxylation sites is 1. The molecule has 2 aromatic heterocycles. The molecular weight excluding hydrogens is 474 g/mol. The van der Waals surface area contributed by atoms with E-state index in [0.717, 1.165) is 76.4 Å². The smallest absolute Gasteiger partial charge is 0.222 e. The molecule has 202 valence electrons. The number of carbonyl (C=O) groups excluding carboxylic acids is 1. The quantitative estimate of drug-likeness (QED) is 0.464. The maximum absolute atomic E-state index is 13.0. The Bertz CT molecular complexity index is 1130. The lowest BCUT2D eigenvalue weighted by Crippen LogP contribution is -2.48. The Kier molecular flexibility index (Phi) is 9.07. The van der Waals surface area contributed by atoms with Crippen LogP contribution in [0.15, 0.2) is 67.1 Å². The van der Waals surface area contributed by atoms with Gasteiger partial charge in [-0.15, -0.1) is 0 Å². The third-order valence-electron chi connectivity index (χ3n) is 8.23. The van der Waals surface area contributed by atoms with Crippen molar-refractivity contribution in [3.63, 3.8) is 0 Å². The number of nitrogens with zero attached hydrogens (tertiary/aromatic N) is 5. The molecule has 7 nitrogen and oxygen atoms in total. The Hall–Kier alpha value is -3.19. The van der Waals surface area contributed by atoms with E-state index in [-0.39, 0.29) is 11.3 Å². The van der Waals surface area contributed by atoms with Crippen LogP contribution in [0.4, 0.5) is 0 Å². The van der Waals surface area contributed by atoms with E-state index in [4.69, 9.17) is 4.74 Å². The van der Waals surface area contributed by atoms with Crippen LogP contribution in [0.25, 0.3) is 0 Å². The second-order valence-corrected chi connectivity index (χ2v) is 10.9. The molecule has 0 bridgehead atoms. The van der Waals surface area contributed by atoms with Crippen LogP contribution in [0.5, 0.6) is 5.75 Å². The molecule has 2 aliphatic heterocycles. The molecule has 1 spiro atoms. The fraction of sp³-hybridized carbons (Fsp3) is 0.516. The predicted molar refractivity (Wildman–Crippen MR) is 149 cm³/mol. The van der Waals surface area contributed by atoms with E-state index in [2.05, 4.69) is 56.3 Å². The topological polar surface area (TPSA) is 63.5 Å². The average Bonchev–Trinajstić information content (AvgIpc) is 3.46. The minimum absolute atomic E-state index is 0.222. The van der Waals surface area contributed by atoms with E-state index >= 15 is 0 Å². The minimum Gasteiger partial charge on any atom is -0.492 e. The van der Waals surface area contributed by atoms with Gasteiger partial charge in [0, 0.05) is 64.3 Å². The molecule has 1 amide bonds. The first-order valence-electron chi connectivity index (χ1n) is 14.3. The van der Waals surface area contributed by atoms with Gasteiger partial charge in [-0.2, -0.15) is 5.10 Å². The Balaban J connectivity index is 1.24. The average molecular weight is 516 g/mol. The molecule has 0 radical (unpaired) electrons. The summed E-state index contributed by atoms with van der Waals surface area (Å²) >= 11 is 0. The number of carbonyl (C=O) groups is 1. The fourth-order valence-electron chi connectivity index (χ4n) is 6.06. The van der Waals surface area contributed by atoms with Crippen LogP contribution in [-0.2, 0) is 24.3 Å². The van der Waals surface area contributed by atoms with Crippen LogP contribution < -0.4 is 4.74 Å². The van der Waals surface area contributed by atoms with Crippen molar-refractivity contribution in [3.8, 4) is 5.75 Å². The van der Waals surface area contributed by atoms with Crippen LogP contribution in [0.1, 0.15) is 56.2 Å². The summed E-state index contributed by atoms with van der Waals surface area (Å²) in [5.41, 5.74) is 2.63. The molecule has 0 aliphatic carbocycles. The summed E-state index contributed by atoms with van der Waals surface area (Å²) in [4.78, 5) is 22.2. The lowest BCUT2D eigenvalue weighted by molar-refractivity contribution is -0.134. The van der Waals surface area contributed by atoms with E-state index in [1.54, 1.807) is 6.20 Å². The summed E-state index contributed by atoms with van der Waals surface area (Å²) in [6.45, 7) is 5.89. The Morgan fingerprint density at radius 2 is 1.82 bits per heavy atom. The number of pyridine rings is 1. The number of aromatic nitrogens is 3. The van der Waals surface area contributed by atoms with Gasteiger partial charge in [0.1, 0.15) is 12.4 Å². The summed E-state index contributed by atoms with van der Waals surface area (Å²) in [6, 6.07) is 16.6. The second kappa shape index (κ2) is 13.1. The van der Waals surface area contributed by atoms with E-state index in [1.807, 2.05) is 29.2 Å². The van der Waals surface area contributed by atoms with Gasteiger partial charge in [0.05, 0.1) is 5.69 Å². The number of aryl methyl sites for hydroxylation is 2. The van der Waals surface area contributed by atoms with Crippen molar-refractivity contribution >= 4 is 5.91 Å². The number of ether oxygens (including phenoxy) is 1. The number of piperidine rings is 1. The van der Waals surface area contributed by atoms with Gasteiger partial charge in [0.2, 0.25) is 5.91 Å². The molecule has 38 heavy (non-hydrogen) atoms. The normalized spacial score (nSPS) is 18.7. The third-order valence-corrected chi connectivity index (χ3v) is 8.23. The van der Waals surface area contributed by atoms with Gasteiger partial charge in [-0.05, 0) is 73.8 Å². The van der Waals surface area contributed by atoms with E-state index in [0.29, 0.717) is 13.0 Å². The van der Waals surface area contributed by atoms with Gasteiger partial charge in [-0.25, -0.2) is 0 Å². The zero-order valence-corrected chi connectivity index (χ0v) is 22.5. The molecule has 0 atom stereocenters. The van der Waals surface area contributed by atoms with Gasteiger partial charge in [-0.1, -0.05) is 30.7 Å². The van der Waals surface area contributed by atoms with Crippen molar-refractivity contribution in [1.82, 2.24) is 24.6 Å². The van der Waals surface area contributed by atoms with Gasteiger partial charge in [0.15, 0.2) is 0 Å². The molecule has 1 saturated heterocycles. The van der Waals surface area contributed by atoms with Crippen molar-refractivity contribution in [2.24, 2.45) is 5.41 Å². The zero-order valence-electron chi connectivity index (χ0n) is 22.5. The lowest BCUT2D eigenvalue weighted by Gasteiger charge is -2.45. The van der Waals surface area contributed by atoms with Crippen LogP contribution in [-0.4, -0.2) is 63.3 Å². The molecule has 0 N–H and O–H groups in total. The van der Waals surface area contributed by atoms with Crippen molar-refractivity contribution in [2.45, 2.75) is 64.5 Å². The first-order chi connectivity index (χ1) is 18.7. The lowest BCUT2D eigenvalue weighted by atomic mass is 9.73. The van der Waals surface area contributed by atoms with Crippen LogP contribution in [0, 0.1) is 5.41 Å². The fourth-order valence-corrected chi connectivity index (χ4v) is 6.06. The molecule has 1 fully saturated rings. The predicted octanol–water partition coefficient (Wildman–Crippen LogP) is 4.97. The standard InChI is InChI=1S/C31H41N5O2/c37-30(13-7-19-36-20-8-18-33-36)35-21-15-31(16-22-35)14-5-3-10-27-9-1-2-12-29(27)38-24-23-34(26-31)25-28-11-4-6-17-32-28/h1-2,4,6,8-9,11-12,17-18,20H,3,5,7,10,13-16,19,21-26H2. The minimum atomic E-state index is 0.222. The summed E-state index contributed by atoms with van der Waals surface area (Å²) in [6.07, 6.45) is 13.8. The Labute approximate surface area is 226 Å². The summed E-state index contributed by atoms with van der Waals surface area (Å²) in [5, 5.41) is 4.25. The maximum Gasteiger partial charge on any atom is 0.222 e. The Morgan fingerprint density at radius 1 is 0.947 bits per heavy atom. The van der Waals surface area contributed by atoms with Gasteiger partial charge >= 0.3 is 0 Å². The van der Waals surface area contributed by atoms with E-state index < -0.39 is 0 Å². The number of hydrogen-bond donors (Lipinski definition) is 0. The molecule has 7 heteroatoms. The number of rotatable bonds is 6. The van der Waals surface area contributed by atoms with Gasteiger partial charge in [0.25, 0.3) is 0 Å². The largest absolute Gasteiger partial charge is 0.492 e. The number of benzene rings is 1. The molecule has 0 saturated carbocycles. The Morgan fingerprint density at radius 3 is 2.63 bits per heavy atom. The van der Waals surface area contributed by atoms with Crippen LogP contribution in [0.2, 0.25) is 0 Å². The second-order valence-electron chi connectivity index (χ2n) is 10.9. The highest BCUT2D eigenvalue weighted by molar-refractivity contribution is 5.76. The van der Waals surface area contributed by atoms with E-state index in [1.165, 1.54) is 24.8 Å². The molecule has 1 aromatic carbocycles. The van der Waals surface area contributed by atoms with Crippen LogP contribution in [0.3, 0.4) is 0 Å². The van der Waals surface area contributed by atoms with Gasteiger partial charge in [-0.3, -0.25) is 19.4 Å². The zero-order chi connectivity index (χ0) is 26.0. The molecule has 0 unspecified atom stereocenters. The van der Waals surface area contributed by atoms with Crippen molar-refractivity contribution in [1.29, 1.82) is 0 Å². The number of hydrogen-bond acceptors (Lipinski definition) is 5. The summed E-state index contributed by atoms with van der Waals surface area (Å²) in [7, 11) is 0. The first-order valence-corrected chi connectivity index (χ1v) is 14.3. The monoisotopic (exact) mass is 515 g/mol. The molecule has 2 aliphatic rings. The first kappa shape index (κ1) is 26.4. The van der Waals surface area contributed by atoms with Crippen molar-refractivity contribution < 1.29 is 9.53 Å². The number of amides is 1. The summed E-state index contributed by atoms with van der Waals surface area (Å²) < 4.78 is 8.20. The van der Waals surface area contributed by atoms with Crippen LogP contribution >= 0.6 is 0 Å². The maximum atomic E-state index is 13.0. The molecule has 5 rings (SSSR count). The van der Waals surface area contributed by atoms with Crippen molar-refractivity contribution in [3.05, 3.63) is 78.4 Å². The molecular formula is C31H41N5O2. The summed E-state index contributed by atoms with van der Waals surface area (Å²) in [5.74, 6) is 1.32. The highest BCUT2D eigenvalue weighted by atomic mass is 16.5. The molecule has 4 heterocycles. The SMILES string of the molecule is O=C(CCCn1cccn1)N1CCC2(CCCCc3ccccc3OCCN(Cc3ccccn3)C2)CC1. The third kappa shape index (κ3) is 7.22. The van der Waals surface area contributed by atoms with Gasteiger partial charge < -0.3 is 9.64 Å².